The van der Waals surface area contributed by atoms with Gasteiger partial charge < -0.3 is 10.1 Å². The van der Waals surface area contributed by atoms with E-state index in [4.69, 9.17) is 4.74 Å². The molecular weight excluding hydrogens is 186 g/mol. The Labute approximate surface area is 90.6 Å². The van der Waals surface area contributed by atoms with Crippen molar-refractivity contribution in [1.29, 1.82) is 0 Å². The molecule has 1 unspecified atom stereocenters. The lowest BCUT2D eigenvalue weighted by Gasteiger charge is -2.00. The van der Waals surface area contributed by atoms with Crippen molar-refractivity contribution in [3.8, 4) is 17.6 Å². The molecule has 1 fully saturated rings. The highest BCUT2D eigenvalue weighted by atomic mass is 16.5. The molecule has 0 radical (unpaired) electrons. The molecule has 0 aliphatic carbocycles. The van der Waals surface area contributed by atoms with Crippen molar-refractivity contribution in [2.75, 3.05) is 13.7 Å². The lowest BCUT2D eigenvalue weighted by atomic mass is 10.2. The van der Waals surface area contributed by atoms with Gasteiger partial charge >= 0.3 is 0 Å². The van der Waals surface area contributed by atoms with Crippen molar-refractivity contribution < 1.29 is 4.74 Å². The molecule has 2 nitrogen and oxygen atoms in total. The van der Waals surface area contributed by atoms with Gasteiger partial charge in [0.25, 0.3) is 0 Å². The fourth-order valence-corrected chi connectivity index (χ4v) is 1.68. The number of rotatable bonds is 1. The smallest absolute Gasteiger partial charge is 0.120 e. The summed E-state index contributed by atoms with van der Waals surface area (Å²) in [6.07, 6.45) is 2.40. The normalized spacial score (nSPS) is 19.4. The number of hydrogen-bond acceptors (Lipinski definition) is 2. The van der Waals surface area contributed by atoms with E-state index in [9.17, 15) is 0 Å². The van der Waals surface area contributed by atoms with Gasteiger partial charge in [0.05, 0.1) is 13.2 Å². The Kier molecular flexibility index (Phi) is 3.26. The summed E-state index contributed by atoms with van der Waals surface area (Å²) in [7, 11) is 1.67. The Morgan fingerprint density at radius 1 is 1.47 bits per heavy atom. The maximum atomic E-state index is 5.14. The number of benzene rings is 1. The second kappa shape index (κ2) is 4.86. The minimum absolute atomic E-state index is 0.371. The number of hydrogen-bond donors (Lipinski definition) is 1. The van der Waals surface area contributed by atoms with Crippen LogP contribution in [0.5, 0.6) is 5.75 Å². The highest BCUT2D eigenvalue weighted by Gasteiger charge is 2.09. The third kappa shape index (κ3) is 2.74. The highest BCUT2D eigenvalue weighted by molar-refractivity contribution is 5.40. The Balaban J connectivity index is 2.08. The van der Waals surface area contributed by atoms with E-state index in [-0.39, 0.29) is 0 Å². The zero-order chi connectivity index (χ0) is 10.5. The lowest BCUT2D eigenvalue weighted by molar-refractivity contribution is 0.414. The summed E-state index contributed by atoms with van der Waals surface area (Å²) >= 11 is 0. The maximum absolute atomic E-state index is 5.14. The molecule has 15 heavy (non-hydrogen) atoms. The van der Waals surface area contributed by atoms with Gasteiger partial charge in [-0.1, -0.05) is 17.9 Å². The molecule has 1 aliphatic rings. The van der Waals surface area contributed by atoms with Crippen LogP contribution >= 0.6 is 0 Å². The Morgan fingerprint density at radius 3 is 3.13 bits per heavy atom. The van der Waals surface area contributed by atoms with E-state index in [0.717, 1.165) is 24.3 Å². The summed E-state index contributed by atoms with van der Waals surface area (Å²) in [6.45, 7) is 1.09. The molecule has 2 rings (SSSR count). The van der Waals surface area contributed by atoms with Gasteiger partial charge in [0.15, 0.2) is 0 Å². The van der Waals surface area contributed by atoms with E-state index in [0.29, 0.717) is 6.04 Å². The zero-order valence-corrected chi connectivity index (χ0v) is 8.92. The van der Waals surface area contributed by atoms with E-state index >= 15 is 0 Å². The Morgan fingerprint density at radius 2 is 2.40 bits per heavy atom. The average Bonchev–Trinajstić information content (AvgIpc) is 2.79. The van der Waals surface area contributed by atoms with Gasteiger partial charge in [-0.05, 0) is 37.6 Å². The van der Waals surface area contributed by atoms with Crippen LogP contribution < -0.4 is 10.1 Å². The first-order chi connectivity index (χ1) is 7.38. The van der Waals surface area contributed by atoms with Crippen molar-refractivity contribution in [2.45, 2.75) is 18.9 Å². The fraction of sp³-hybridized carbons (Fsp3) is 0.385. The van der Waals surface area contributed by atoms with Crippen LogP contribution in [0.2, 0.25) is 0 Å². The van der Waals surface area contributed by atoms with E-state index in [1.807, 2.05) is 24.3 Å². The average molecular weight is 201 g/mol. The van der Waals surface area contributed by atoms with E-state index in [1.165, 1.54) is 6.42 Å². The highest BCUT2D eigenvalue weighted by Crippen LogP contribution is 2.11. The summed E-state index contributed by atoms with van der Waals surface area (Å²) in [6, 6.07) is 8.23. The SMILES string of the molecule is COc1cccc(C#CC2CCCN2)c1. The molecule has 0 saturated carbocycles. The monoisotopic (exact) mass is 201 g/mol. The molecule has 0 amide bonds. The fourth-order valence-electron chi connectivity index (χ4n) is 1.68. The first kappa shape index (κ1) is 10.1. The standard InChI is InChI=1S/C13H15NO/c1-15-13-6-2-4-11(10-13)7-8-12-5-3-9-14-12/h2,4,6,10,12,14H,3,5,9H2,1H3. The zero-order valence-electron chi connectivity index (χ0n) is 8.92. The first-order valence-corrected chi connectivity index (χ1v) is 5.27. The molecule has 1 saturated heterocycles. The second-order valence-electron chi connectivity index (χ2n) is 3.65. The minimum Gasteiger partial charge on any atom is -0.497 e. The summed E-state index contributed by atoms with van der Waals surface area (Å²) in [4.78, 5) is 0. The summed E-state index contributed by atoms with van der Waals surface area (Å²) in [5.41, 5.74) is 1.02. The second-order valence-corrected chi connectivity index (χ2v) is 3.65. The largest absolute Gasteiger partial charge is 0.497 e. The van der Waals surface area contributed by atoms with Crippen molar-refractivity contribution >= 4 is 0 Å². The van der Waals surface area contributed by atoms with Crippen molar-refractivity contribution in [1.82, 2.24) is 5.32 Å². The predicted octanol–water partition coefficient (Wildman–Crippen LogP) is 1.80. The first-order valence-electron chi connectivity index (χ1n) is 5.27. The molecule has 1 aliphatic heterocycles. The quantitative estimate of drug-likeness (QED) is 0.699. The third-order valence-electron chi connectivity index (χ3n) is 2.52. The van der Waals surface area contributed by atoms with Gasteiger partial charge in [0, 0.05) is 5.56 Å². The van der Waals surface area contributed by atoms with Gasteiger partial charge in [-0.3, -0.25) is 0 Å². The van der Waals surface area contributed by atoms with Gasteiger partial charge in [-0.25, -0.2) is 0 Å². The number of nitrogens with one attached hydrogen (secondary N) is 1. The molecule has 1 atom stereocenters. The van der Waals surface area contributed by atoms with Crippen molar-refractivity contribution in [3.05, 3.63) is 29.8 Å². The van der Waals surface area contributed by atoms with E-state index in [2.05, 4.69) is 17.2 Å². The van der Waals surface area contributed by atoms with Crippen LogP contribution in [0.15, 0.2) is 24.3 Å². The van der Waals surface area contributed by atoms with Crippen LogP contribution in [0, 0.1) is 11.8 Å². The van der Waals surface area contributed by atoms with E-state index in [1.54, 1.807) is 7.11 Å². The van der Waals surface area contributed by atoms with Crippen molar-refractivity contribution in [3.63, 3.8) is 0 Å². The van der Waals surface area contributed by atoms with Crippen molar-refractivity contribution in [2.24, 2.45) is 0 Å². The van der Waals surface area contributed by atoms with Gasteiger partial charge in [-0.15, -0.1) is 0 Å². The minimum atomic E-state index is 0.371. The van der Waals surface area contributed by atoms with Gasteiger partial charge in [-0.2, -0.15) is 0 Å². The van der Waals surface area contributed by atoms with Crippen LogP contribution in [0.25, 0.3) is 0 Å². The number of ether oxygens (including phenoxy) is 1. The molecule has 1 heterocycles. The van der Waals surface area contributed by atoms with Gasteiger partial charge in [0.2, 0.25) is 0 Å². The maximum Gasteiger partial charge on any atom is 0.120 e. The molecule has 1 N–H and O–H groups in total. The molecule has 78 valence electrons. The van der Waals surface area contributed by atoms with Crippen LogP contribution in [-0.4, -0.2) is 19.7 Å². The molecule has 1 aromatic carbocycles. The van der Waals surface area contributed by atoms with Crippen LogP contribution in [-0.2, 0) is 0 Å². The molecule has 1 aromatic rings. The molecule has 2 heteroatoms. The van der Waals surface area contributed by atoms with Crippen LogP contribution in [0.3, 0.4) is 0 Å². The lowest BCUT2D eigenvalue weighted by Crippen LogP contribution is -2.18. The van der Waals surface area contributed by atoms with Crippen LogP contribution in [0.4, 0.5) is 0 Å². The molecular formula is C13H15NO. The van der Waals surface area contributed by atoms with E-state index < -0.39 is 0 Å². The summed E-state index contributed by atoms with van der Waals surface area (Å²) < 4.78 is 5.14. The van der Waals surface area contributed by atoms with Gasteiger partial charge in [0.1, 0.15) is 5.75 Å². The summed E-state index contributed by atoms with van der Waals surface area (Å²) in [5, 5.41) is 3.35. The topological polar surface area (TPSA) is 21.3 Å². The Hall–Kier alpha value is -1.46. The third-order valence-corrected chi connectivity index (χ3v) is 2.52. The molecule has 0 spiro atoms. The summed E-state index contributed by atoms with van der Waals surface area (Å²) in [5.74, 6) is 7.26. The predicted molar refractivity (Wildman–Crippen MR) is 60.9 cm³/mol. The molecule has 0 aromatic heterocycles. The molecule has 0 bridgehead atoms. The number of methoxy groups -OCH3 is 1. The van der Waals surface area contributed by atoms with Crippen LogP contribution in [0.1, 0.15) is 18.4 Å². The Bertz CT molecular complexity index is 383.